The molecule has 0 amide bonds. The molecule has 1 N–H and O–H groups in total. The van der Waals surface area contributed by atoms with Crippen LogP contribution in [0.25, 0.3) is 16.9 Å². The molecule has 3 aromatic rings. The predicted molar refractivity (Wildman–Crippen MR) is 131 cm³/mol. The van der Waals surface area contributed by atoms with Gasteiger partial charge in [0.15, 0.2) is 0 Å². The van der Waals surface area contributed by atoms with Gasteiger partial charge in [0.05, 0.1) is 31.7 Å². The minimum atomic E-state index is -0.190. The summed E-state index contributed by atoms with van der Waals surface area (Å²) in [5.74, 6) is 0.737. The fourth-order valence-electron chi connectivity index (χ4n) is 3.65. The minimum absolute atomic E-state index is 0.190. The maximum atomic E-state index is 13.4. The van der Waals surface area contributed by atoms with Gasteiger partial charge in [-0.05, 0) is 58.7 Å². The average Bonchev–Trinajstić information content (AvgIpc) is 2.84. The van der Waals surface area contributed by atoms with Crippen LogP contribution in [0.15, 0.2) is 57.8 Å². The van der Waals surface area contributed by atoms with Gasteiger partial charge in [0.2, 0.25) is 0 Å². The summed E-state index contributed by atoms with van der Waals surface area (Å²) >= 11 is 3.62. The number of ether oxygens (including phenoxy) is 2. The molecular formula is C24H27BrN4O3. The molecule has 0 atom stereocenters. The van der Waals surface area contributed by atoms with Crippen molar-refractivity contribution in [3.63, 3.8) is 0 Å². The number of hydrogen-bond donors (Lipinski definition) is 1. The van der Waals surface area contributed by atoms with Crippen LogP contribution in [0.3, 0.4) is 0 Å². The Bertz CT molecular complexity index is 1140. The van der Waals surface area contributed by atoms with E-state index in [1.54, 1.807) is 7.11 Å². The number of hydrogen-bond acceptors (Lipinski definition) is 6. The van der Waals surface area contributed by atoms with Crippen molar-refractivity contribution >= 4 is 27.3 Å². The number of nitrogens with one attached hydrogen (secondary N) is 1. The van der Waals surface area contributed by atoms with Gasteiger partial charge in [0, 0.05) is 35.4 Å². The van der Waals surface area contributed by atoms with Gasteiger partial charge in [-0.3, -0.25) is 4.79 Å². The van der Waals surface area contributed by atoms with Crippen molar-refractivity contribution in [1.29, 1.82) is 0 Å². The maximum absolute atomic E-state index is 13.4. The van der Waals surface area contributed by atoms with Crippen LogP contribution in [0.1, 0.15) is 13.3 Å². The lowest BCUT2D eigenvalue weighted by atomic mass is 10.1. The van der Waals surface area contributed by atoms with Crippen LogP contribution in [-0.2, 0) is 4.74 Å². The Morgan fingerprint density at radius 2 is 1.97 bits per heavy atom. The average molecular weight is 499 g/mol. The van der Waals surface area contributed by atoms with Gasteiger partial charge in [-0.25, -0.2) is 0 Å². The molecule has 1 aliphatic heterocycles. The van der Waals surface area contributed by atoms with Crippen LogP contribution in [0.4, 0.5) is 11.4 Å². The second-order valence-electron chi connectivity index (χ2n) is 7.55. The van der Waals surface area contributed by atoms with Crippen molar-refractivity contribution in [2.45, 2.75) is 13.3 Å². The highest BCUT2D eigenvalue weighted by molar-refractivity contribution is 9.10. The van der Waals surface area contributed by atoms with E-state index in [9.17, 15) is 4.79 Å². The van der Waals surface area contributed by atoms with E-state index in [1.165, 1.54) is 4.68 Å². The summed E-state index contributed by atoms with van der Waals surface area (Å²) in [5.41, 5.74) is 3.62. The van der Waals surface area contributed by atoms with Crippen molar-refractivity contribution < 1.29 is 9.47 Å². The number of nitrogens with zero attached hydrogens (tertiary/aromatic N) is 3. The third-order valence-corrected chi connectivity index (χ3v) is 6.05. The summed E-state index contributed by atoms with van der Waals surface area (Å²) in [6.07, 6.45) is 0.909. The third-order valence-electron chi connectivity index (χ3n) is 5.38. The summed E-state index contributed by atoms with van der Waals surface area (Å²) in [5, 5.41) is 8.00. The van der Waals surface area contributed by atoms with Crippen LogP contribution in [0, 0.1) is 0 Å². The van der Waals surface area contributed by atoms with Gasteiger partial charge in [-0.1, -0.05) is 19.1 Å². The van der Waals surface area contributed by atoms with Gasteiger partial charge in [-0.2, -0.15) is 9.78 Å². The second kappa shape index (κ2) is 10.2. The molecule has 8 heteroatoms. The Labute approximate surface area is 196 Å². The number of halogens is 1. The smallest absolute Gasteiger partial charge is 0.294 e. The third kappa shape index (κ3) is 4.81. The molecule has 0 spiro atoms. The molecule has 1 aliphatic rings. The monoisotopic (exact) mass is 498 g/mol. The van der Waals surface area contributed by atoms with E-state index in [-0.39, 0.29) is 5.56 Å². The van der Waals surface area contributed by atoms with E-state index in [0.717, 1.165) is 41.0 Å². The van der Waals surface area contributed by atoms with Gasteiger partial charge >= 0.3 is 0 Å². The van der Waals surface area contributed by atoms with Gasteiger partial charge < -0.3 is 19.7 Å². The zero-order chi connectivity index (χ0) is 22.5. The number of methoxy groups -OCH3 is 1. The normalized spacial score (nSPS) is 13.8. The number of morpholine rings is 1. The lowest BCUT2D eigenvalue weighted by Gasteiger charge is -2.29. The quantitative estimate of drug-likeness (QED) is 0.522. The van der Waals surface area contributed by atoms with Crippen molar-refractivity contribution in [3.8, 4) is 22.7 Å². The van der Waals surface area contributed by atoms with Crippen LogP contribution < -0.4 is 20.5 Å². The summed E-state index contributed by atoms with van der Waals surface area (Å²) < 4.78 is 13.1. The Hall–Kier alpha value is -2.84. The number of anilines is 2. The molecule has 0 saturated carbocycles. The van der Waals surface area contributed by atoms with E-state index in [0.29, 0.717) is 36.8 Å². The molecule has 1 aromatic heterocycles. The molecule has 0 bridgehead atoms. The fraction of sp³-hybridized carbons (Fsp3) is 0.333. The number of rotatable bonds is 7. The first kappa shape index (κ1) is 22.4. The van der Waals surface area contributed by atoms with E-state index in [1.807, 2.05) is 48.5 Å². The largest absolute Gasteiger partial charge is 0.497 e. The standard InChI is InChI=1S/C24H27BrN4O3/c1-3-9-26-22-16-21(17-5-4-6-19(14-17)31-2)27-29(24(22)30)23-15-18(7-8-20(23)25)28-10-12-32-13-11-28/h4-8,14-16,26H,3,9-13H2,1-2H3. The highest BCUT2D eigenvalue weighted by atomic mass is 79.9. The summed E-state index contributed by atoms with van der Waals surface area (Å²) in [6, 6.07) is 15.5. The zero-order valence-electron chi connectivity index (χ0n) is 18.3. The Morgan fingerprint density at radius 1 is 1.16 bits per heavy atom. The molecule has 0 radical (unpaired) electrons. The summed E-state index contributed by atoms with van der Waals surface area (Å²) in [7, 11) is 1.63. The van der Waals surface area contributed by atoms with Crippen molar-refractivity contribution in [1.82, 2.24) is 9.78 Å². The Balaban J connectivity index is 1.84. The Kier molecular flexibility index (Phi) is 7.12. The molecule has 2 heterocycles. The predicted octanol–water partition coefficient (Wildman–Crippen LogP) is 4.33. The molecular weight excluding hydrogens is 472 g/mol. The molecule has 1 fully saturated rings. The lowest BCUT2D eigenvalue weighted by Crippen LogP contribution is -2.36. The molecule has 168 valence electrons. The topological polar surface area (TPSA) is 68.6 Å². The lowest BCUT2D eigenvalue weighted by molar-refractivity contribution is 0.122. The van der Waals surface area contributed by atoms with Gasteiger partial charge in [-0.15, -0.1) is 0 Å². The molecule has 32 heavy (non-hydrogen) atoms. The van der Waals surface area contributed by atoms with Crippen LogP contribution in [-0.4, -0.2) is 49.7 Å². The molecule has 7 nitrogen and oxygen atoms in total. The first-order chi connectivity index (χ1) is 15.6. The first-order valence-electron chi connectivity index (χ1n) is 10.8. The number of aromatic nitrogens is 2. The van der Waals surface area contributed by atoms with Crippen molar-refractivity contribution in [2.75, 3.05) is 50.2 Å². The second-order valence-corrected chi connectivity index (χ2v) is 8.41. The van der Waals surface area contributed by atoms with Crippen molar-refractivity contribution in [2.24, 2.45) is 0 Å². The highest BCUT2D eigenvalue weighted by Gasteiger charge is 2.17. The molecule has 1 saturated heterocycles. The molecule has 2 aromatic carbocycles. The summed E-state index contributed by atoms with van der Waals surface area (Å²) in [6.45, 7) is 5.79. The zero-order valence-corrected chi connectivity index (χ0v) is 19.9. The highest BCUT2D eigenvalue weighted by Crippen LogP contribution is 2.28. The number of benzene rings is 2. The molecule has 0 unspecified atom stereocenters. The van der Waals surface area contributed by atoms with E-state index < -0.39 is 0 Å². The SMILES string of the molecule is CCCNc1cc(-c2cccc(OC)c2)nn(-c2cc(N3CCOCC3)ccc2Br)c1=O. The van der Waals surface area contributed by atoms with E-state index in [2.05, 4.69) is 33.1 Å². The van der Waals surface area contributed by atoms with Crippen molar-refractivity contribution in [3.05, 3.63) is 63.4 Å². The van der Waals surface area contributed by atoms with Crippen LogP contribution >= 0.6 is 15.9 Å². The van der Waals surface area contributed by atoms with Gasteiger partial charge in [0.1, 0.15) is 11.4 Å². The minimum Gasteiger partial charge on any atom is -0.497 e. The van der Waals surface area contributed by atoms with E-state index in [4.69, 9.17) is 14.6 Å². The Morgan fingerprint density at radius 3 is 2.72 bits per heavy atom. The van der Waals surface area contributed by atoms with E-state index >= 15 is 0 Å². The van der Waals surface area contributed by atoms with Crippen LogP contribution in [0.2, 0.25) is 0 Å². The first-order valence-corrected chi connectivity index (χ1v) is 11.6. The summed E-state index contributed by atoms with van der Waals surface area (Å²) in [4.78, 5) is 15.6. The van der Waals surface area contributed by atoms with Crippen LogP contribution in [0.5, 0.6) is 5.75 Å². The van der Waals surface area contributed by atoms with Gasteiger partial charge in [0.25, 0.3) is 5.56 Å². The fourth-order valence-corrected chi connectivity index (χ4v) is 4.06. The molecule has 0 aliphatic carbocycles. The maximum Gasteiger partial charge on any atom is 0.294 e. The molecule has 4 rings (SSSR count).